The van der Waals surface area contributed by atoms with Crippen LogP contribution in [-0.2, 0) is 20.7 Å². The number of piperidine rings is 1. The van der Waals surface area contributed by atoms with Crippen LogP contribution in [0.25, 0.3) is 11.1 Å². The molecule has 2 fully saturated rings. The summed E-state index contributed by atoms with van der Waals surface area (Å²) >= 11 is 0. The van der Waals surface area contributed by atoms with Crippen LogP contribution in [0.2, 0.25) is 0 Å². The molecule has 170 valence electrons. The molecule has 32 heavy (non-hydrogen) atoms. The largest absolute Gasteiger partial charge is 0.497 e. The van der Waals surface area contributed by atoms with Crippen molar-refractivity contribution in [3.8, 4) is 16.9 Å². The van der Waals surface area contributed by atoms with Crippen LogP contribution in [0, 0.1) is 11.3 Å². The summed E-state index contributed by atoms with van der Waals surface area (Å²) < 4.78 is 10.9. The van der Waals surface area contributed by atoms with Gasteiger partial charge in [-0.3, -0.25) is 9.59 Å². The first kappa shape index (κ1) is 22.3. The molecular formula is C26H32N2O4. The van der Waals surface area contributed by atoms with Crippen LogP contribution < -0.4 is 10.5 Å². The maximum atomic E-state index is 13.9. The second-order valence-electron chi connectivity index (χ2n) is 8.95. The van der Waals surface area contributed by atoms with Crippen molar-refractivity contribution in [3.63, 3.8) is 0 Å². The number of benzene rings is 2. The Bertz CT molecular complexity index is 951. The lowest BCUT2D eigenvalue weighted by molar-refractivity contribution is -0.150. The van der Waals surface area contributed by atoms with Crippen molar-refractivity contribution in [2.75, 3.05) is 33.4 Å². The minimum atomic E-state index is -0.527. The maximum absolute atomic E-state index is 13.9. The zero-order chi connectivity index (χ0) is 22.6. The molecule has 0 bridgehead atoms. The average Bonchev–Trinajstić information content (AvgIpc) is 2.84. The maximum Gasteiger partial charge on any atom is 0.229 e. The predicted octanol–water partition coefficient (Wildman–Crippen LogP) is 3.43. The van der Waals surface area contributed by atoms with Crippen LogP contribution in [0.4, 0.5) is 0 Å². The predicted molar refractivity (Wildman–Crippen MR) is 123 cm³/mol. The van der Waals surface area contributed by atoms with Gasteiger partial charge in [0.2, 0.25) is 11.8 Å². The Morgan fingerprint density at radius 1 is 1.12 bits per heavy atom. The summed E-state index contributed by atoms with van der Waals surface area (Å²) in [6.45, 7) is 2.26. The van der Waals surface area contributed by atoms with Gasteiger partial charge in [-0.15, -0.1) is 0 Å². The Hall–Kier alpha value is -2.86. The zero-order valence-corrected chi connectivity index (χ0v) is 18.7. The molecule has 2 aliphatic heterocycles. The molecule has 0 aromatic heterocycles. The molecule has 1 unspecified atom stereocenters. The van der Waals surface area contributed by atoms with Crippen molar-refractivity contribution in [1.29, 1.82) is 0 Å². The third-order valence-electron chi connectivity index (χ3n) is 6.96. The van der Waals surface area contributed by atoms with Crippen molar-refractivity contribution >= 4 is 11.8 Å². The molecule has 2 N–H and O–H groups in total. The van der Waals surface area contributed by atoms with Crippen molar-refractivity contribution in [1.82, 2.24) is 4.90 Å². The van der Waals surface area contributed by atoms with Gasteiger partial charge in [0.1, 0.15) is 5.75 Å². The van der Waals surface area contributed by atoms with Gasteiger partial charge in [0.15, 0.2) is 0 Å². The Morgan fingerprint density at radius 3 is 2.53 bits per heavy atom. The number of carbonyl (C=O) groups excluding carboxylic acids is 2. The van der Waals surface area contributed by atoms with Gasteiger partial charge in [-0.2, -0.15) is 0 Å². The first-order chi connectivity index (χ1) is 15.5. The fourth-order valence-electron chi connectivity index (χ4n) is 5.05. The highest BCUT2D eigenvalue weighted by Gasteiger charge is 2.44. The molecule has 0 radical (unpaired) electrons. The summed E-state index contributed by atoms with van der Waals surface area (Å²) in [6, 6.07) is 16.3. The topological polar surface area (TPSA) is 81.9 Å². The molecule has 2 heterocycles. The lowest BCUT2D eigenvalue weighted by Crippen LogP contribution is -2.52. The second kappa shape index (κ2) is 9.74. The third-order valence-corrected chi connectivity index (χ3v) is 6.96. The third kappa shape index (κ3) is 4.65. The van der Waals surface area contributed by atoms with Crippen molar-refractivity contribution in [2.24, 2.45) is 17.1 Å². The van der Waals surface area contributed by atoms with Crippen LogP contribution >= 0.6 is 0 Å². The molecule has 6 heteroatoms. The van der Waals surface area contributed by atoms with Crippen molar-refractivity contribution in [2.45, 2.75) is 32.1 Å². The van der Waals surface area contributed by atoms with Gasteiger partial charge in [-0.1, -0.05) is 36.4 Å². The number of amides is 2. The average molecular weight is 437 g/mol. The van der Waals surface area contributed by atoms with Gasteiger partial charge in [0.05, 0.1) is 18.4 Å². The summed E-state index contributed by atoms with van der Waals surface area (Å²) in [5, 5.41) is 0. The van der Waals surface area contributed by atoms with Gasteiger partial charge < -0.3 is 20.1 Å². The minimum Gasteiger partial charge on any atom is -0.497 e. The Kier molecular flexibility index (Phi) is 6.80. The number of methoxy groups -OCH3 is 1. The molecule has 0 spiro atoms. The summed E-state index contributed by atoms with van der Waals surface area (Å²) in [6.07, 6.45) is 3.58. The fourth-order valence-corrected chi connectivity index (χ4v) is 5.05. The Morgan fingerprint density at radius 2 is 1.84 bits per heavy atom. The second-order valence-corrected chi connectivity index (χ2v) is 8.95. The van der Waals surface area contributed by atoms with E-state index in [0.717, 1.165) is 35.3 Å². The van der Waals surface area contributed by atoms with Crippen molar-refractivity contribution in [3.05, 3.63) is 54.1 Å². The number of carbonyl (C=O) groups is 2. The number of nitrogens with zero attached hydrogens (tertiary/aromatic N) is 1. The van der Waals surface area contributed by atoms with Gasteiger partial charge in [-0.05, 0) is 60.9 Å². The Balaban J connectivity index is 1.63. The molecule has 1 atom stereocenters. The normalized spacial score (nSPS) is 20.5. The first-order valence-corrected chi connectivity index (χ1v) is 11.4. The smallest absolute Gasteiger partial charge is 0.229 e. The van der Waals surface area contributed by atoms with E-state index in [2.05, 4.69) is 24.3 Å². The van der Waals surface area contributed by atoms with E-state index >= 15 is 0 Å². The molecule has 2 aromatic carbocycles. The molecule has 0 saturated carbocycles. The number of nitrogens with two attached hydrogens (primary N) is 1. The molecule has 4 rings (SSSR count). The van der Waals surface area contributed by atoms with E-state index in [9.17, 15) is 9.59 Å². The van der Waals surface area contributed by atoms with E-state index in [0.29, 0.717) is 45.6 Å². The molecule has 2 saturated heterocycles. The standard InChI is InChI=1S/C26H32N2O4/c1-31-22-10-8-19(9-11-22)23-7-3-2-5-20(23)17-26(12-15-32-16-13-26)25(30)28-14-4-6-21(18-28)24(27)29/h2-3,5,7-11,21H,4,6,12-18H2,1H3,(H2,27,29). The Labute approximate surface area is 189 Å². The molecule has 0 aliphatic carbocycles. The molecular weight excluding hydrogens is 404 g/mol. The minimum absolute atomic E-state index is 0.135. The van der Waals surface area contributed by atoms with E-state index in [1.54, 1.807) is 7.11 Å². The number of ether oxygens (including phenoxy) is 2. The van der Waals surface area contributed by atoms with Crippen molar-refractivity contribution < 1.29 is 19.1 Å². The number of primary amides is 1. The van der Waals surface area contributed by atoms with E-state index < -0.39 is 5.41 Å². The summed E-state index contributed by atoms with van der Waals surface area (Å²) in [5.41, 5.74) is 8.41. The molecule has 2 aromatic rings. The number of rotatable bonds is 6. The highest BCUT2D eigenvalue weighted by molar-refractivity contribution is 5.85. The quantitative estimate of drug-likeness (QED) is 0.752. The van der Waals surface area contributed by atoms with E-state index in [1.165, 1.54) is 0 Å². The molecule has 6 nitrogen and oxygen atoms in total. The van der Waals surface area contributed by atoms with Gasteiger partial charge in [0, 0.05) is 26.3 Å². The number of likely N-dealkylation sites (tertiary alicyclic amines) is 1. The van der Waals surface area contributed by atoms with Gasteiger partial charge >= 0.3 is 0 Å². The SMILES string of the molecule is COc1ccc(-c2ccccc2CC2(C(=O)N3CCCC(C(N)=O)C3)CCOCC2)cc1. The first-order valence-electron chi connectivity index (χ1n) is 11.4. The highest BCUT2D eigenvalue weighted by atomic mass is 16.5. The van der Waals surface area contributed by atoms with Crippen LogP contribution in [0.5, 0.6) is 5.75 Å². The lowest BCUT2D eigenvalue weighted by atomic mass is 9.72. The fraction of sp³-hybridized carbons (Fsp3) is 0.462. The van der Waals surface area contributed by atoms with Crippen LogP contribution in [-0.4, -0.2) is 50.1 Å². The van der Waals surface area contributed by atoms with Gasteiger partial charge in [-0.25, -0.2) is 0 Å². The van der Waals surface area contributed by atoms with E-state index in [1.807, 2.05) is 29.2 Å². The lowest BCUT2D eigenvalue weighted by Gasteiger charge is -2.42. The summed E-state index contributed by atoms with van der Waals surface area (Å²) in [5.74, 6) is 0.386. The van der Waals surface area contributed by atoms with Gasteiger partial charge in [0.25, 0.3) is 0 Å². The molecule has 2 amide bonds. The summed E-state index contributed by atoms with van der Waals surface area (Å²) in [7, 11) is 1.66. The monoisotopic (exact) mass is 436 g/mol. The van der Waals surface area contributed by atoms with Crippen LogP contribution in [0.3, 0.4) is 0 Å². The highest BCUT2D eigenvalue weighted by Crippen LogP contribution is 2.40. The summed E-state index contributed by atoms with van der Waals surface area (Å²) in [4.78, 5) is 27.5. The zero-order valence-electron chi connectivity index (χ0n) is 18.7. The number of hydrogen-bond donors (Lipinski definition) is 1. The van der Waals surface area contributed by atoms with E-state index in [4.69, 9.17) is 15.2 Å². The van der Waals surface area contributed by atoms with Crippen LogP contribution in [0.1, 0.15) is 31.2 Å². The van der Waals surface area contributed by atoms with E-state index in [-0.39, 0.29) is 17.7 Å². The molecule has 2 aliphatic rings. The number of hydrogen-bond acceptors (Lipinski definition) is 4. The van der Waals surface area contributed by atoms with Crippen LogP contribution in [0.15, 0.2) is 48.5 Å².